The quantitative estimate of drug-likeness (QED) is 0.449. The largest absolute Gasteiger partial charge is 0.497 e. The molecule has 3 aromatic carbocycles. The Labute approximate surface area is 201 Å². The van der Waals surface area contributed by atoms with Crippen LogP contribution in [0.3, 0.4) is 0 Å². The zero-order valence-electron chi connectivity index (χ0n) is 18.2. The highest BCUT2D eigenvalue weighted by molar-refractivity contribution is 6.30. The molecule has 3 aromatic rings. The van der Waals surface area contributed by atoms with Crippen LogP contribution in [0, 0.1) is 0 Å². The Balaban J connectivity index is 1.44. The Hall–Kier alpha value is -3.88. The third kappa shape index (κ3) is 5.03. The summed E-state index contributed by atoms with van der Waals surface area (Å²) in [6, 6.07) is 18.9. The number of nitrogens with zero attached hydrogens (tertiary/aromatic N) is 1. The predicted octanol–water partition coefficient (Wildman–Crippen LogP) is 3.61. The fraction of sp³-hybridized carbons (Fsp3) is 0.160. The standard InChI is InChI=1S/C25H22ClN3O5/c1-34-20-11-9-19(10-12-20)27-21(30)14-29-24(32)22(28-25(29)33)23(31)17-4-2-3-16(13-17)15-5-7-18(26)8-6-15/h2-13,22-23,31H,14H2,1H3,(H,27,30)(H,28,33). The van der Waals surface area contributed by atoms with Crippen LogP contribution in [0.5, 0.6) is 5.75 Å². The molecule has 0 radical (unpaired) electrons. The number of amides is 4. The van der Waals surface area contributed by atoms with Crippen LogP contribution in [0.2, 0.25) is 5.02 Å². The minimum atomic E-state index is -1.29. The van der Waals surface area contributed by atoms with E-state index in [4.69, 9.17) is 16.3 Å². The lowest BCUT2D eigenvalue weighted by molar-refractivity contribution is -0.132. The number of anilines is 1. The minimum Gasteiger partial charge on any atom is -0.497 e. The number of hydrogen-bond acceptors (Lipinski definition) is 5. The first-order valence-electron chi connectivity index (χ1n) is 10.5. The molecule has 9 heteroatoms. The molecule has 0 spiro atoms. The summed E-state index contributed by atoms with van der Waals surface area (Å²) in [7, 11) is 1.53. The van der Waals surface area contributed by atoms with Crippen molar-refractivity contribution in [2.45, 2.75) is 12.1 Å². The zero-order valence-corrected chi connectivity index (χ0v) is 19.0. The molecular weight excluding hydrogens is 458 g/mol. The van der Waals surface area contributed by atoms with Gasteiger partial charge in [0.25, 0.3) is 5.91 Å². The summed E-state index contributed by atoms with van der Waals surface area (Å²) < 4.78 is 5.07. The van der Waals surface area contributed by atoms with E-state index in [2.05, 4.69) is 10.6 Å². The van der Waals surface area contributed by atoms with Crippen molar-refractivity contribution in [1.29, 1.82) is 0 Å². The van der Waals surface area contributed by atoms with Gasteiger partial charge in [-0.05, 0) is 59.2 Å². The van der Waals surface area contributed by atoms with Crippen molar-refractivity contribution < 1.29 is 24.2 Å². The number of imide groups is 1. The molecule has 4 rings (SSSR count). The number of nitrogens with one attached hydrogen (secondary N) is 2. The van der Waals surface area contributed by atoms with Gasteiger partial charge in [0.2, 0.25) is 5.91 Å². The number of ether oxygens (including phenoxy) is 1. The van der Waals surface area contributed by atoms with Crippen LogP contribution in [-0.4, -0.2) is 47.5 Å². The topological polar surface area (TPSA) is 108 Å². The first-order valence-corrected chi connectivity index (χ1v) is 10.8. The van der Waals surface area contributed by atoms with Crippen molar-refractivity contribution >= 4 is 35.1 Å². The summed E-state index contributed by atoms with van der Waals surface area (Å²) in [5.74, 6) is -0.600. The molecule has 174 valence electrons. The summed E-state index contributed by atoms with van der Waals surface area (Å²) in [6.07, 6.45) is -1.29. The highest BCUT2D eigenvalue weighted by Gasteiger charge is 2.43. The van der Waals surface area contributed by atoms with Crippen LogP contribution >= 0.6 is 11.6 Å². The minimum absolute atomic E-state index is 0.454. The smallest absolute Gasteiger partial charge is 0.325 e. The number of urea groups is 1. The van der Waals surface area contributed by atoms with Gasteiger partial charge in [0.05, 0.1) is 7.11 Å². The molecule has 0 bridgehead atoms. The second-order valence-electron chi connectivity index (χ2n) is 7.71. The van der Waals surface area contributed by atoms with Gasteiger partial charge in [0.1, 0.15) is 24.4 Å². The number of aliphatic hydroxyl groups excluding tert-OH is 1. The van der Waals surface area contributed by atoms with Gasteiger partial charge in [0.15, 0.2) is 0 Å². The molecule has 1 aliphatic heterocycles. The van der Waals surface area contributed by atoms with E-state index in [1.54, 1.807) is 54.6 Å². The summed E-state index contributed by atoms with van der Waals surface area (Å²) in [6.45, 7) is -0.481. The van der Waals surface area contributed by atoms with E-state index in [9.17, 15) is 19.5 Å². The van der Waals surface area contributed by atoms with Crippen LogP contribution in [0.4, 0.5) is 10.5 Å². The van der Waals surface area contributed by atoms with Crippen LogP contribution in [-0.2, 0) is 9.59 Å². The monoisotopic (exact) mass is 479 g/mol. The molecule has 0 saturated carbocycles. The highest BCUT2D eigenvalue weighted by Crippen LogP contribution is 2.28. The number of rotatable bonds is 7. The number of carbonyl (C=O) groups excluding carboxylic acids is 3. The molecule has 2 atom stereocenters. The van der Waals surface area contributed by atoms with Gasteiger partial charge in [-0.3, -0.25) is 14.5 Å². The maximum atomic E-state index is 12.9. The van der Waals surface area contributed by atoms with E-state index in [0.717, 1.165) is 16.0 Å². The third-order valence-electron chi connectivity index (χ3n) is 5.45. The molecule has 0 aromatic heterocycles. The van der Waals surface area contributed by atoms with Crippen LogP contribution in [0.25, 0.3) is 11.1 Å². The maximum Gasteiger partial charge on any atom is 0.325 e. The molecular formula is C25H22ClN3O5. The van der Waals surface area contributed by atoms with Gasteiger partial charge < -0.3 is 20.5 Å². The van der Waals surface area contributed by atoms with Crippen molar-refractivity contribution in [3.63, 3.8) is 0 Å². The molecule has 8 nitrogen and oxygen atoms in total. The second-order valence-corrected chi connectivity index (χ2v) is 8.14. The van der Waals surface area contributed by atoms with Crippen molar-refractivity contribution in [2.24, 2.45) is 0 Å². The predicted molar refractivity (Wildman–Crippen MR) is 128 cm³/mol. The molecule has 4 amide bonds. The fourth-order valence-electron chi connectivity index (χ4n) is 3.66. The average molecular weight is 480 g/mol. The summed E-state index contributed by atoms with van der Waals surface area (Å²) in [4.78, 5) is 38.4. The van der Waals surface area contributed by atoms with Crippen molar-refractivity contribution in [3.05, 3.63) is 83.4 Å². The van der Waals surface area contributed by atoms with E-state index in [1.807, 2.05) is 18.2 Å². The number of methoxy groups -OCH3 is 1. The highest BCUT2D eigenvalue weighted by atomic mass is 35.5. The second kappa shape index (κ2) is 9.94. The lowest BCUT2D eigenvalue weighted by atomic mass is 9.97. The first kappa shape index (κ1) is 23.3. The molecule has 34 heavy (non-hydrogen) atoms. The Bertz CT molecular complexity index is 1210. The van der Waals surface area contributed by atoms with Crippen LogP contribution < -0.4 is 15.4 Å². The van der Waals surface area contributed by atoms with Crippen molar-refractivity contribution in [3.8, 4) is 16.9 Å². The Kier molecular flexibility index (Phi) is 6.81. The molecule has 1 heterocycles. The number of benzene rings is 3. The SMILES string of the molecule is COc1ccc(NC(=O)CN2C(=O)NC(C(O)c3cccc(-c4ccc(Cl)cc4)c3)C2=O)cc1. The molecule has 3 N–H and O–H groups in total. The van der Waals surface area contributed by atoms with Gasteiger partial charge in [-0.1, -0.05) is 41.9 Å². The van der Waals surface area contributed by atoms with E-state index in [0.29, 0.717) is 22.0 Å². The van der Waals surface area contributed by atoms with Crippen LogP contribution in [0.15, 0.2) is 72.8 Å². The normalized spacial score (nSPS) is 16.2. The summed E-state index contributed by atoms with van der Waals surface area (Å²) >= 11 is 5.95. The van der Waals surface area contributed by atoms with E-state index < -0.39 is 36.5 Å². The van der Waals surface area contributed by atoms with Crippen LogP contribution in [0.1, 0.15) is 11.7 Å². The third-order valence-corrected chi connectivity index (χ3v) is 5.71. The molecule has 2 unspecified atom stereocenters. The van der Waals surface area contributed by atoms with Gasteiger partial charge in [0, 0.05) is 10.7 Å². The average Bonchev–Trinajstić information content (AvgIpc) is 3.13. The van der Waals surface area contributed by atoms with Gasteiger partial charge in [-0.25, -0.2) is 4.79 Å². The van der Waals surface area contributed by atoms with Gasteiger partial charge in [-0.2, -0.15) is 0 Å². The van der Waals surface area contributed by atoms with E-state index in [1.165, 1.54) is 7.11 Å². The first-order chi connectivity index (χ1) is 16.4. The Morgan fingerprint density at radius 2 is 1.79 bits per heavy atom. The lowest BCUT2D eigenvalue weighted by Crippen LogP contribution is -2.39. The lowest BCUT2D eigenvalue weighted by Gasteiger charge is -2.18. The van der Waals surface area contributed by atoms with E-state index >= 15 is 0 Å². The maximum absolute atomic E-state index is 12.9. The summed E-state index contributed by atoms with van der Waals surface area (Å²) in [5, 5.41) is 16.6. The van der Waals surface area contributed by atoms with E-state index in [-0.39, 0.29) is 0 Å². The molecule has 0 aliphatic carbocycles. The zero-order chi connectivity index (χ0) is 24.2. The molecule has 1 saturated heterocycles. The van der Waals surface area contributed by atoms with Crippen molar-refractivity contribution in [1.82, 2.24) is 10.2 Å². The summed E-state index contributed by atoms with van der Waals surface area (Å²) in [5.41, 5.74) is 2.65. The van der Waals surface area contributed by atoms with Gasteiger partial charge >= 0.3 is 6.03 Å². The Morgan fingerprint density at radius 1 is 1.09 bits per heavy atom. The molecule has 1 fully saturated rings. The number of hydrogen-bond donors (Lipinski definition) is 3. The van der Waals surface area contributed by atoms with Crippen molar-refractivity contribution in [2.75, 3.05) is 19.0 Å². The van der Waals surface area contributed by atoms with Gasteiger partial charge in [-0.15, -0.1) is 0 Å². The molecule has 1 aliphatic rings. The number of aliphatic hydroxyl groups is 1. The number of halogens is 1. The number of carbonyl (C=O) groups is 3. The Morgan fingerprint density at radius 3 is 2.47 bits per heavy atom. The fourth-order valence-corrected chi connectivity index (χ4v) is 3.79.